The first kappa shape index (κ1) is 15.0. The summed E-state index contributed by atoms with van der Waals surface area (Å²) in [5.74, 6) is -0.854. The van der Waals surface area contributed by atoms with Gasteiger partial charge in [0.2, 0.25) is 5.91 Å². The molecule has 1 fully saturated rings. The summed E-state index contributed by atoms with van der Waals surface area (Å²) in [5.41, 5.74) is -0.797. The largest absolute Gasteiger partial charge is 0.481 e. The van der Waals surface area contributed by atoms with Gasteiger partial charge in [-0.25, -0.2) is 0 Å². The SMILES string of the molecule is CNCCCN(C)C(=O)CC1(C(=O)O)CCCC1. The van der Waals surface area contributed by atoms with Crippen LogP contribution >= 0.6 is 0 Å². The minimum atomic E-state index is -0.808. The average molecular weight is 256 g/mol. The third-order valence-corrected chi connectivity index (χ3v) is 3.85. The van der Waals surface area contributed by atoms with E-state index in [-0.39, 0.29) is 12.3 Å². The third kappa shape index (κ3) is 3.70. The van der Waals surface area contributed by atoms with Crippen LogP contribution < -0.4 is 5.32 Å². The molecule has 1 saturated carbocycles. The fourth-order valence-corrected chi connectivity index (χ4v) is 2.56. The van der Waals surface area contributed by atoms with Crippen LogP contribution in [0.1, 0.15) is 38.5 Å². The Kier molecular flexibility index (Phi) is 5.59. The van der Waals surface area contributed by atoms with Gasteiger partial charge in [-0.1, -0.05) is 12.8 Å². The van der Waals surface area contributed by atoms with Crippen LogP contribution in [0.5, 0.6) is 0 Å². The zero-order valence-corrected chi connectivity index (χ0v) is 11.4. The Hall–Kier alpha value is -1.10. The number of nitrogens with one attached hydrogen (secondary N) is 1. The number of rotatable bonds is 7. The summed E-state index contributed by atoms with van der Waals surface area (Å²) in [7, 11) is 3.63. The highest BCUT2D eigenvalue weighted by atomic mass is 16.4. The van der Waals surface area contributed by atoms with Gasteiger partial charge in [0.05, 0.1) is 5.41 Å². The molecule has 2 N–H and O–H groups in total. The second kappa shape index (κ2) is 6.73. The molecule has 0 aromatic heterocycles. The van der Waals surface area contributed by atoms with Gasteiger partial charge in [0, 0.05) is 20.0 Å². The van der Waals surface area contributed by atoms with Crippen LogP contribution in [-0.2, 0) is 9.59 Å². The lowest BCUT2D eigenvalue weighted by molar-refractivity contribution is -0.153. The van der Waals surface area contributed by atoms with Crippen LogP contribution in [0.25, 0.3) is 0 Å². The summed E-state index contributed by atoms with van der Waals surface area (Å²) < 4.78 is 0. The molecule has 0 aliphatic heterocycles. The van der Waals surface area contributed by atoms with E-state index in [1.165, 1.54) is 0 Å². The Morgan fingerprint density at radius 3 is 2.44 bits per heavy atom. The van der Waals surface area contributed by atoms with Gasteiger partial charge in [-0.05, 0) is 32.9 Å². The molecular formula is C13H24N2O3. The van der Waals surface area contributed by atoms with Gasteiger partial charge in [0.1, 0.15) is 0 Å². The van der Waals surface area contributed by atoms with E-state index in [2.05, 4.69) is 5.32 Å². The predicted molar refractivity (Wildman–Crippen MR) is 69.3 cm³/mol. The van der Waals surface area contributed by atoms with Crippen molar-refractivity contribution in [2.24, 2.45) is 5.41 Å². The molecule has 0 spiro atoms. The molecule has 0 unspecified atom stereocenters. The van der Waals surface area contributed by atoms with Gasteiger partial charge < -0.3 is 15.3 Å². The Balaban J connectivity index is 2.49. The van der Waals surface area contributed by atoms with Gasteiger partial charge in [0.15, 0.2) is 0 Å². The highest BCUT2D eigenvalue weighted by molar-refractivity contribution is 5.85. The molecule has 1 aliphatic rings. The summed E-state index contributed by atoms with van der Waals surface area (Å²) in [6, 6.07) is 0. The Bertz CT molecular complexity index is 299. The average Bonchev–Trinajstić information content (AvgIpc) is 2.79. The van der Waals surface area contributed by atoms with Gasteiger partial charge in [-0.3, -0.25) is 9.59 Å². The minimum absolute atomic E-state index is 0.0459. The lowest BCUT2D eigenvalue weighted by atomic mass is 9.82. The maximum atomic E-state index is 12.0. The molecule has 0 aromatic rings. The molecule has 0 atom stereocenters. The van der Waals surface area contributed by atoms with Crippen molar-refractivity contribution in [3.8, 4) is 0 Å². The summed E-state index contributed by atoms with van der Waals surface area (Å²) in [5, 5.41) is 12.4. The number of carboxylic acids is 1. The second-order valence-corrected chi connectivity index (χ2v) is 5.24. The Labute approximate surface area is 109 Å². The number of aliphatic carboxylic acids is 1. The number of amides is 1. The van der Waals surface area contributed by atoms with Crippen LogP contribution in [0.4, 0.5) is 0 Å². The molecule has 0 saturated heterocycles. The van der Waals surface area contributed by atoms with Crippen LogP contribution in [0.2, 0.25) is 0 Å². The van der Waals surface area contributed by atoms with E-state index >= 15 is 0 Å². The summed E-state index contributed by atoms with van der Waals surface area (Å²) in [4.78, 5) is 25.1. The monoisotopic (exact) mass is 256 g/mol. The number of nitrogens with zero attached hydrogens (tertiary/aromatic N) is 1. The minimum Gasteiger partial charge on any atom is -0.481 e. The fraction of sp³-hybridized carbons (Fsp3) is 0.846. The number of hydrogen-bond donors (Lipinski definition) is 2. The van der Waals surface area contributed by atoms with Crippen molar-refractivity contribution >= 4 is 11.9 Å². The van der Waals surface area contributed by atoms with Crippen molar-refractivity contribution in [2.45, 2.75) is 38.5 Å². The van der Waals surface area contributed by atoms with Crippen LogP contribution in [-0.4, -0.2) is 49.1 Å². The third-order valence-electron chi connectivity index (χ3n) is 3.85. The van der Waals surface area contributed by atoms with Crippen LogP contribution in [0.3, 0.4) is 0 Å². The van der Waals surface area contributed by atoms with Gasteiger partial charge in [-0.15, -0.1) is 0 Å². The maximum absolute atomic E-state index is 12.0. The second-order valence-electron chi connectivity index (χ2n) is 5.24. The Morgan fingerprint density at radius 1 is 1.33 bits per heavy atom. The highest BCUT2D eigenvalue weighted by Crippen LogP contribution is 2.41. The fourth-order valence-electron chi connectivity index (χ4n) is 2.56. The van der Waals surface area contributed by atoms with Crippen molar-refractivity contribution < 1.29 is 14.7 Å². The van der Waals surface area contributed by atoms with Gasteiger partial charge in [-0.2, -0.15) is 0 Å². The summed E-state index contributed by atoms with van der Waals surface area (Å²) in [6.45, 7) is 1.54. The topological polar surface area (TPSA) is 69.6 Å². The normalized spacial score (nSPS) is 17.7. The molecule has 0 radical (unpaired) electrons. The van der Waals surface area contributed by atoms with E-state index in [0.717, 1.165) is 25.8 Å². The number of carbonyl (C=O) groups is 2. The summed E-state index contributed by atoms with van der Waals surface area (Å²) in [6.07, 6.45) is 4.15. The van der Waals surface area contributed by atoms with Crippen molar-refractivity contribution in [1.29, 1.82) is 0 Å². The molecule has 5 nitrogen and oxygen atoms in total. The molecule has 0 bridgehead atoms. The van der Waals surface area contributed by atoms with E-state index < -0.39 is 11.4 Å². The zero-order valence-electron chi connectivity index (χ0n) is 11.4. The van der Waals surface area contributed by atoms with E-state index in [1.807, 2.05) is 7.05 Å². The number of hydrogen-bond acceptors (Lipinski definition) is 3. The quantitative estimate of drug-likeness (QED) is 0.669. The molecule has 0 aromatic carbocycles. The van der Waals surface area contributed by atoms with Gasteiger partial charge in [0.25, 0.3) is 0 Å². The van der Waals surface area contributed by atoms with Gasteiger partial charge >= 0.3 is 5.97 Å². The van der Waals surface area contributed by atoms with Crippen molar-refractivity contribution in [1.82, 2.24) is 10.2 Å². The maximum Gasteiger partial charge on any atom is 0.310 e. The van der Waals surface area contributed by atoms with E-state index in [4.69, 9.17) is 0 Å². The molecule has 104 valence electrons. The predicted octanol–water partition coefficient (Wildman–Crippen LogP) is 1.09. The number of carbonyl (C=O) groups excluding carboxylic acids is 1. The Morgan fingerprint density at radius 2 is 1.94 bits per heavy atom. The molecule has 1 rings (SSSR count). The van der Waals surface area contributed by atoms with Crippen molar-refractivity contribution in [2.75, 3.05) is 27.2 Å². The number of carboxylic acid groups (broad SMARTS) is 1. The molecular weight excluding hydrogens is 232 g/mol. The first-order chi connectivity index (χ1) is 8.52. The first-order valence-corrected chi connectivity index (χ1v) is 6.64. The molecule has 18 heavy (non-hydrogen) atoms. The summed E-state index contributed by atoms with van der Waals surface area (Å²) >= 11 is 0. The van der Waals surface area contributed by atoms with Crippen molar-refractivity contribution in [3.63, 3.8) is 0 Å². The van der Waals surface area contributed by atoms with E-state index in [0.29, 0.717) is 19.4 Å². The van der Waals surface area contributed by atoms with E-state index in [1.54, 1.807) is 11.9 Å². The van der Waals surface area contributed by atoms with Crippen molar-refractivity contribution in [3.05, 3.63) is 0 Å². The van der Waals surface area contributed by atoms with E-state index in [9.17, 15) is 14.7 Å². The first-order valence-electron chi connectivity index (χ1n) is 6.64. The molecule has 5 heteroatoms. The van der Waals surface area contributed by atoms with Crippen LogP contribution in [0, 0.1) is 5.41 Å². The zero-order chi connectivity index (χ0) is 13.6. The molecule has 1 aliphatic carbocycles. The molecule has 1 amide bonds. The standard InChI is InChI=1S/C13H24N2O3/c1-14-8-5-9-15(2)11(16)10-13(12(17)18)6-3-4-7-13/h14H,3-10H2,1-2H3,(H,17,18). The lowest BCUT2D eigenvalue weighted by Gasteiger charge is -2.26. The molecule has 0 heterocycles. The smallest absolute Gasteiger partial charge is 0.310 e. The highest BCUT2D eigenvalue weighted by Gasteiger charge is 2.43. The lowest BCUT2D eigenvalue weighted by Crippen LogP contribution is -2.37. The van der Waals surface area contributed by atoms with Crippen LogP contribution in [0.15, 0.2) is 0 Å².